The zero-order valence-electron chi connectivity index (χ0n) is 14.4. The largest absolute Gasteiger partial charge is 0.442 e. The lowest BCUT2D eigenvalue weighted by Gasteiger charge is -2.05. The predicted molar refractivity (Wildman–Crippen MR) is 106 cm³/mol. The number of ether oxygens (including phenoxy) is 1. The van der Waals surface area contributed by atoms with Gasteiger partial charge >= 0.3 is 5.97 Å². The molecule has 0 aliphatic rings. The standard InChI is InChI=1S/C19H13ClN4O3S/c20-13-5-3-4-12(8-13)18-21-14(10-28-18)9-17(25)27-11-24-19(26)15-6-1-2-7-16(15)22-23-24/h1-8,10H,9,11H2. The summed E-state index contributed by atoms with van der Waals surface area (Å²) >= 11 is 7.41. The highest BCUT2D eigenvalue weighted by Crippen LogP contribution is 2.26. The quantitative estimate of drug-likeness (QED) is 0.467. The summed E-state index contributed by atoms with van der Waals surface area (Å²) in [5.41, 5.74) is 1.60. The number of esters is 1. The number of hydrogen-bond donors (Lipinski definition) is 0. The second-order valence-corrected chi connectivity index (χ2v) is 7.18. The van der Waals surface area contributed by atoms with Gasteiger partial charge in [-0.1, -0.05) is 41.1 Å². The fraction of sp³-hybridized carbons (Fsp3) is 0.105. The van der Waals surface area contributed by atoms with Gasteiger partial charge in [-0.25, -0.2) is 4.98 Å². The van der Waals surface area contributed by atoms with Gasteiger partial charge in [-0.05, 0) is 24.3 Å². The maximum atomic E-state index is 12.3. The smallest absolute Gasteiger partial charge is 0.313 e. The Morgan fingerprint density at radius 2 is 2.04 bits per heavy atom. The average molecular weight is 413 g/mol. The van der Waals surface area contributed by atoms with Gasteiger partial charge in [-0.3, -0.25) is 9.59 Å². The first kappa shape index (κ1) is 18.3. The molecule has 2 aromatic heterocycles. The Morgan fingerprint density at radius 3 is 2.89 bits per heavy atom. The van der Waals surface area contributed by atoms with Crippen LogP contribution in [-0.2, 0) is 22.7 Å². The number of fused-ring (bicyclic) bond motifs is 1. The Hall–Kier alpha value is -3.10. The normalized spacial score (nSPS) is 10.9. The Bertz CT molecular complexity index is 1220. The summed E-state index contributed by atoms with van der Waals surface area (Å²) in [7, 11) is 0. The van der Waals surface area contributed by atoms with E-state index in [1.807, 2.05) is 18.2 Å². The van der Waals surface area contributed by atoms with Crippen LogP contribution in [0.15, 0.2) is 58.7 Å². The van der Waals surface area contributed by atoms with E-state index < -0.39 is 5.97 Å². The van der Waals surface area contributed by atoms with Crippen molar-refractivity contribution in [1.29, 1.82) is 0 Å². The average Bonchev–Trinajstić information content (AvgIpc) is 3.16. The Kier molecular flexibility index (Phi) is 5.14. The van der Waals surface area contributed by atoms with Crippen molar-refractivity contribution in [3.05, 3.63) is 75.0 Å². The zero-order chi connectivity index (χ0) is 19.5. The SMILES string of the molecule is O=C(Cc1csc(-c2cccc(Cl)c2)n1)OCn1nnc2ccccc2c1=O. The van der Waals surface area contributed by atoms with Crippen molar-refractivity contribution in [2.24, 2.45) is 0 Å². The number of aromatic nitrogens is 4. The Labute approximate surface area is 168 Å². The van der Waals surface area contributed by atoms with Crippen molar-refractivity contribution in [3.8, 4) is 10.6 Å². The number of halogens is 1. The monoisotopic (exact) mass is 412 g/mol. The van der Waals surface area contributed by atoms with Gasteiger partial charge < -0.3 is 4.74 Å². The van der Waals surface area contributed by atoms with E-state index in [4.69, 9.17) is 16.3 Å². The van der Waals surface area contributed by atoms with Crippen LogP contribution in [0.3, 0.4) is 0 Å². The van der Waals surface area contributed by atoms with Crippen molar-refractivity contribution in [2.75, 3.05) is 0 Å². The molecule has 0 atom stereocenters. The molecule has 0 radical (unpaired) electrons. The third-order valence-corrected chi connectivity index (χ3v) is 5.10. The molecule has 7 nitrogen and oxygen atoms in total. The van der Waals surface area contributed by atoms with Crippen LogP contribution in [-0.4, -0.2) is 25.9 Å². The Morgan fingerprint density at radius 1 is 1.18 bits per heavy atom. The molecule has 0 spiro atoms. The first-order chi connectivity index (χ1) is 13.6. The van der Waals surface area contributed by atoms with Gasteiger partial charge in [0.1, 0.15) is 10.5 Å². The van der Waals surface area contributed by atoms with Gasteiger partial charge in [0.25, 0.3) is 5.56 Å². The molecule has 0 bridgehead atoms. The van der Waals surface area contributed by atoms with E-state index >= 15 is 0 Å². The van der Waals surface area contributed by atoms with Gasteiger partial charge in [0.15, 0.2) is 6.73 Å². The van der Waals surface area contributed by atoms with E-state index in [0.717, 1.165) is 15.3 Å². The summed E-state index contributed by atoms with van der Waals surface area (Å²) in [5.74, 6) is -0.509. The molecule has 2 heterocycles. The van der Waals surface area contributed by atoms with Crippen LogP contribution in [0.4, 0.5) is 0 Å². The summed E-state index contributed by atoms with van der Waals surface area (Å²) in [6.45, 7) is -0.305. The lowest BCUT2D eigenvalue weighted by atomic mass is 10.2. The molecular weight excluding hydrogens is 400 g/mol. The first-order valence-electron chi connectivity index (χ1n) is 8.29. The zero-order valence-corrected chi connectivity index (χ0v) is 16.0. The highest BCUT2D eigenvalue weighted by atomic mass is 35.5. The van der Waals surface area contributed by atoms with E-state index in [-0.39, 0.29) is 18.7 Å². The van der Waals surface area contributed by atoms with E-state index in [1.165, 1.54) is 11.3 Å². The number of rotatable bonds is 5. The van der Waals surface area contributed by atoms with Gasteiger partial charge in [0.05, 0.1) is 17.5 Å². The van der Waals surface area contributed by atoms with Crippen LogP contribution in [0.25, 0.3) is 21.5 Å². The third-order valence-electron chi connectivity index (χ3n) is 3.93. The van der Waals surface area contributed by atoms with E-state index in [2.05, 4.69) is 15.3 Å². The number of carbonyl (C=O) groups is 1. The summed E-state index contributed by atoms with van der Waals surface area (Å²) in [5, 5.41) is 11.3. The minimum Gasteiger partial charge on any atom is -0.442 e. The van der Waals surface area contributed by atoms with Crippen molar-refractivity contribution < 1.29 is 9.53 Å². The van der Waals surface area contributed by atoms with Crippen LogP contribution < -0.4 is 5.56 Å². The van der Waals surface area contributed by atoms with Crippen molar-refractivity contribution >= 4 is 39.8 Å². The molecule has 0 aliphatic heterocycles. The van der Waals surface area contributed by atoms with Gasteiger partial charge in [0.2, 0.25) is 0 Å². The molecule has 4 rings (SSSR count). The molecule has 0 saturated carbocycles. The first-order valence-corrected chi connectivity index (χ1v) is 9.54. The van der Waals surface area contributed by atoms with Crippen LogP contribution >= 0.6 is 22.9 Å². The van der Waals surface area contributed by atoms with Crippen LogP contribution in [0.1, 0.15) is 5.69 Å². The molecule has 28 heavy (non-hydrogen) atoms. The lowest BCUT2D eigenvalue weighted by Crippen LogP contribution is -2.26. The summed E-state index contributed by atoms with van der Waals surface area (Å²) < 4.78 is 6.17. The fourth-order valence-electron chi connectivity index (χ4n) is 2.58. The lowest BCUT2D eigenvalue weighted by molar-refractivity contribution is -0.147. The van der Waals surface area contributed by atoms with Crippen molar-refractivity contribution in [3.63, 3.8) is 0 Å². The van der Waals surface area contributed by atoms with Gasteiger partial charge in [0, 0.05) is 16.0 Å². The minimum atomic E-state index is -0.509. The fourth-order valence-corrected chi connectivity index (χ4v) is 3.59. The molecule has 2 aromatic carbocycles. The molecule has 9 heteroatoms. The van der Waals surface area contributed by atoms with E-state index in [1.54, 1.807) is 35.7 Å². The van der Waals surface area contributed by atoms with Crippen LogP contribution in [0.2, 0.25) is 5.02 Å². The van der Waals surface area contributed by atoms with Gasteiger partial charge in [-0.2, -0.15) is 4.68 Å². The molecule has 0 unspecified atom stereocenters. The second-order valence-electron chi connectivity index (χ2n) is 5.89. The van der Waals surface area contributed by atoms with Crippen LogP contribution in [0, 0.1) is 0 Å². The number of nitrogens with zero attached hydrogens (tertiary/aromatic N) is 4. The number of carbonyl (C=O) groups excluding carboxylic acids is 1. The molecule has 0 fully saturated rings. The Balaban J connectivity index is 1.42. The molecule has 0 amide bonds. The summed E-state index contributed by atoms with van der Waals surface area (Å²) in [6, 6.07) is 14.2. The number of hydrogen-bond acceptors (Lipinski definition) is 7. The highest BCUT2D eigenvalue weighted by molar-refractivity contribution is 7.13. The maximum Gasteiger partial charge on any atom is 0.313 e. The third kappa shape index (κ3) is 3.92. The molecule has 0 saturated heterocycles. The summed E-state index contributed by atoms with van der Waals surface area (Å²) in [6.07, 6.45) is -0.00712. The highest BCUT2D eigenvalue weighted by Gasteiger charge is 2.12. The van der Waals surface area contributed by atoms with Crippen molar-refractivity contribution in [1.82, 2.24) is 20.0 Å². The predicted octanol–water partition coefficient (Wildman–Crippen LogP) is 3.31. The van der Waals surface area contributed by atoms with Gasteiger partial charge in [-0.15, -0.1) is 16.4 Å². The van der Waals surface area contributed by atoms with E-state index in [0.29, 0.717) is 21.6 Å². The number of thiazole rings is 1. The number of benzene rings is 2. The minimum absolute atomic E-state index is 0.00712. The second kappa shape index (κ2) is 7.87. The summed E-state index contributed by atoms with van der Waals surface area (Å²) in [4.78, 5) is 28.9. The van der Waals surface area contributed by atoms with Crippen LogP contribution in [0.5, 0.6) is 0 Å². The maximum absolute atomic E-state index is 12.3. The van der Waals surface area contributed by atoms with E-state index in [9.17, 15) is 9.59 Å². The molecule has 4 aromatic rings. The van der Waals surface area contributed by atoms with Crippen molar-refractivity contribution in [2.45, 2.75) is 13.2 Å². The topological polar surface area (TPSA) is 87.0 Å². The molecule has 140 valence electrons. The molecule has 0 aliphatic carbocycles. The molecular formula is C19H13ClN4O3S. The molecule has 0 N–H and O–H groups in total.